The van der Waals surface area contributed by atoms with Crippen molar-refractivity contribution in [3.63, 3.8) is 0 Å². The van der Waals surface area contributed by atoms with Gasteiger partial charge in [-0.05, 0) is 18.8 Å². The first-order chi connectivity index (χ1) is 6.90. The third kappa shape index (κ3) is 2.20. The molecule has 3 heteroatoms. The van der Waals surface area contributed by atoms with Gasteiger partial charge in [0.05, 0.1) is 6.54 Å². The molecule has 2 N–H and O–H groups in total. The van der Waals surface area contributed by atoms with Gasteiger partial charge in [-0.15, -0.1) is 0 Å². The second kappa shape index (κ2) is 4.67. The molecule has 1 heterocycles. The van der Waals surface area contributed by atoms with E-state index in [0.717, 1.165) is 25.0 Å². The summed E-state index contributed by atoms with van der Waals surface area (Å²) >= 11 is 0. The van der Waals surface area contributed by atoms with Gasteiger partial charge < -0.3 is 10.6 Å². The van der Waals surface area contributed by atoms with Crippen LogP contribution in [0.1, 0.15) is 39.0 Å². The molecular weight excluding hydrogens is 174 g/mol. The highest BCUT2D eigenvalue weighted by atomic mass is 15.2. The Labute approximate surface area is 86.4 Å². The Morgan fingerprint density at radius 2 is 2.29 bits per heavy atom. The topological polar surface area (TPSA) is 36.4 Å². The third-order valence-corrected chi connectivity index (χ3v) is 3.43. The monoisotopic (exact) mass is 195 g/mol. The van der Waals surface area contributed by atoms with Crippen LogP contribution in [0.15, 0.2) is 4.99 Å². The lowest BCUT2D eigenvalue weighted by molar-refractivity contribution is 0.279. The number of nitrogens with one attached hydrogen (secondary N) is 2. The van der Waals surface area contributed by atoms with Crippen LogP contribution in [0.2, 0.25) is 0 Å². The summed E-state index contributed by atoms with van der Waals surface area (Å²) in [5, 5.41) is 6.85. The molecule has 0 spiro atoms. The molecule has 0 radical (unpaired) electrons. The largest absolute Gasteiger partial charge is 0.355 e. The van der Waals surface area contributed by atoms with Gasteiger partial charge in [-0.1, -0.05) is 26.2 Å². The van der Waals surface area contributed by atoms with Gasteiger partial charge in [-0.3, -0.25) is 4.99 Å². The molecule has 1 fully saturated rings. The number of guanidine groups is 1. The Hall–Kier alpha value is -0.730. The van der Waals surface area contributed by atoms with E-state index >= 15 is 0 Å². The lowest BCUT2D eigenvalue weighted by atomic mass is 9.83. The molecule has 3 nitrogen and oxygen atoms in total. The van der Waals surface area contributed by atoms with Crippen molar-refractivity contribution in [1.29, 1.82) is 0 Å². The molecule has 1 saturated carbocycles. The van der Waals surface area contributed by atoms with E-state index in [9.17, 15) is 0 Å². The molecule has 2 rings (SSSR count). The molecule has 0 aromatic carbocycles. The maximum atomic E-state index is 4.39. The summed E-state index contributed by atoms with van der Waals surface area (Å²) < 4.78 is 0. The standard InChI is InChI=1S/C11H21N3/c1-2-9-5-3-4-6-10(9)14-11-12-7-8-13-11/h9-10H,2-8H2,1H3,(H2,12,13,14). The highest BCUT2D eigenvalue weighted by Crippen LogP contribution is 2.26. The van der Waals surface area contributed by atoms with Crippen molar-refractivity contribution in [3.8, 4) is 0 Å². The molecule has 2 atom stereocenters. The van der Waals surface area contributed by atoms with E-state index in [0.29, 0.717) is 6.04 Å². The maximum Gasteiger partial charge on any atom is 0.191 e. The van der Waals surface area contributed by atoms with Crippen LogP contribution >= 0.6 is 0 Å². The van der Waals surface area contributed by atoms with Crippen LogP contribution in [0.5, 0.6) is 0 Å². The molecule has 0 bridgehead atoms. The zero-order chi connectivity index (χ0) is 9.80. The minimum atomic E-state index is 0.665. The van der Waals surface area contributed by atoms with E-state index in [4.69, 9.17) is 0 Å². The highest BCUT2D eigenvalue weighted by molar-refractivity contribution is 5.81. The van der Waals surface area contributed by atoms with Crippen LogP contribution < -0.4 is 10.6 Å². The van der Waals surface area contributed by atoms with Crippen LogP contribution in [0, 0.1) is 5.92 Å². The lowest BCUT2D eigenvalue weighted by Gasteiger charge is -2.32. The van der Waals surface area contributed by atoms with Crippen molar-refractivity contribution >= 4 is 5.96 Å². The van der Waals surface area contributed by atoms with Gasteiger partial charge >= 0.3 is 0 Å². The highest BCUT2D eigenvalue weighted by Gasteiger charge is 2.24. The van der Waals surface area contributed by atoms with E-state index in [1.165, 1.54) is 32.1 Å². The minimum Gasteiger partial charge on any atom is -0.355 e. The van der Waals surface area contributed by atoms with Crippen molar-refractivity contribution in [2.24, 2.45) is 10.9 Å². The van der Waals surface area contributed by atoms with E-state index in [1.807, 2.05) is 0 Å². The summed E-state index contributed by atoms with van der Waals surface area (Å²) in [6.45, 7) is 4.24. The summed E-state index contributed by atoms with van der Waals surface area (Å²) in [5.74, 6) is 1.89. The van der Waals surface area contributed by atoms with E-state index in [-0.39, 0.29) is 0 Å². The van der Waals surface area contributed by atoms with Gasteiger partial charge in [0.25, 0.3) is 0 Å². The van der Waals surface area contributed by atoms with E-state index < -0.39 is 0 Å². The second-order valence-corrected chi connectivity index (χ2v) is 4.36. The Morgan fingerprint density at radius 1 is 1.43 bits per heavy atom. The molecule has 80 valence electrons. The molecular formula is C11H21N3. The fourth-order valence-corrected chi connectivity index (χ4v) is 2.56. The third-order valence-electron chi connectivity index (χ3n) is 3.43. The summed E-state index contributed by atoms with van der Waals surface area (Å²) in [4.78, 5) is 4.39. The Bertz CT molecular complexity index is 213. The molecule has 0 aromatic heterocycles. The van der Waals surface area contributed by atoms with Gasteiger partial charge in [0, 0.05) is 12.6 Å². The number of rotatable bonds is 2. The zero-order valence-corrected chi connectivity index (χ0v) is 9.05. The average molecular weight is 195 g/mol. The molecule has 1 aliphatic heterocycles. The number of hydrogen-bond donors (Lipinski definition) is 2. The van der Waals surface area contributed by atoms with Crippen molar-refractivity contribution in [3.05, 3.63) is 0 Å². The Balaban J connectivity index is 1.87. The van der Waals surface area contributed by atoms with Gasteiger partial charge in [-0.25, -0.2) is 0 Å². The maximum absolute atomic E-state index is 4.39. The van der Waals surface area contributed by atoms with Crippen LogP contribution in [0.25, 0.3) is 0 Å². The van der Waals surface area contributed by atoms with Gasteiger partial charge in [0.1, 0.15) is 0 Å². The smallest absolute Gasteiger partial charge is 0.191 e. The van der Waals surface area contributed by atoms with Crippen molar-refractivity contribution in [2.75, 3.05) is 13.1 Å². The van der Waals surface area contributed by atoms with Crippen molar-refractivity contribution < 1.29 is 0 Å². The molecule has 0 saturated heterocycles. The van der Waals surface area contributed by atoms with Crippen LogP contribution in [0.4, 0.5) is 0 Å². The van der Waals surface area contributed by atoms with Crippen LogP contribution in [-0.4, -0.2) is 25.1 Å². The predicted molar refractivity (Wildman–Crippen MR) is 59.5 cm³/mol. The fraction of sp³-hybridized carbons (Fsp3) is 0.909. The summed E-state index contributed by atoms with van der Waals surface area (Å²) in [6.07, 6.45) is 6.80. The lowest BCUT2D eigenvalue weighted by Crippen LogP contribution is -2.45. The normalized spacial score (nSPS) is 32.2. The molecule has 2 aliphatic rings. The van der Waals surface area contributed by atoms with Crippen LogP contribution in [0.3, 0.4) is 0 Å². The second-order valence-electron chi connectivity index (χ2n) is 4.36. The van der Waals surface area contributed by atoms with Crippen molar-refractivity contribution in [1.82, 2.24) is 10.6 Å². The van der Waals surface area contributed by atoms with Gasteiger partial charge in [0.2, 0.25) is 0 Å². The summed E-state index contributed by atoms with van der Waals surface area (Å²) in [5.41, 5.74) is 0. The minimum absolute atomic E-state index is 0.665. The van der Waals surface area contributed by atoms with Crippen LogP contribution in [-0.2, 0) is 0 Å². The van der Waals surface area contributed by atoms with Gasteiger partial charge in [-0.2, -0.15) is 0 Å². The average Bonchev–Trinajstić information content (AvgIpc) is 2.71. The SMILES string of the molecule is CCC1CCCCC1NC1=NCCN1. The first-order valence-electron chi connectivity index (χ1n) is 5.95. The zero-order valence-electron chi connectivity index (χ0n) is 9.05. The van der Waals surface area contributed by atoms with E-state index in [2.05, 4.69) is 22.5 Å². The first kappa shape index (κ1) is 9.81. The number of aliphatic imine (C=N–C) groups is 1. The van der Waals surface area contributed by atoms with Gasteiger partial charge in [0.15, 0.2) is 5.96 Å². The fourth-order valence-electron chi connectivity index (χ4n) is 2.56. The predicted octanol–water partition coefficient (Wildman–Crippen LogP) is 1.50. The first-order valence-corrected chi connectivity index (χ1v) is 5.95. The molecule has 0 aromatic rings. The Kier molecular flexibility index (Phi) is 3.27. The summed E-state index contributed by atoms with van der Waals surface area (Å²) in [6, 6.07) is 0.665. The number of hydrogen-bond acceptors (Lipinski definition) is 3. The summed E-state index contributed by atoms with van der Waals surface area (Å²) in [7, 11) is 0. The molecule has 14 heavy (non-hydrogen) atoms. The number of nitrogens with zero attached hydrogens (tertiary/aromatic N) is 1. The Morgan fingerprint density at radius 3 is 3.00 bits per heavy atom. The quantitative estimate of drug-likeness (QED) is 0.700. The molecule has 2 unspecified atom stereocenters. The van der Waals surface area contributed by atoms with E-state index in [1.54, 1.807) is 0 Å². The molecule has 1 aliphatic carbocycles. The van der Waals surface area contributed by atoms with Crippen molar-refractivity contribution in [2.45, 2.75) is 45.1 Å². The molecule has 0 amide bonds.